The van der Waals surface area contributed by atoms with Crippen molar-refractivity contribution in [3.63, 3.8) is 0 Å². The fraction of sp³-hybridized carbons (Fsp3) is 0.513. The van der Waals surface area contributed by atoms with Crippen LogP contribution in [-0.4, -0.2) is 33.0 Å². The van der Waals surface area contributed by atoms with E-state index in [0.29, 0.717) is 33.0 Å². The number of unbranched alkanes of at least 4 members (excludes halogenated alkanes) is 35. The van der Waals surface area contributed by atoms with Crippen LogP contribution in [-0.2, 0) is 12.8 Å². The summed E-state index contributed by atoms with van der Waals surface area (Å²) in [4.78, 5) is 0. The summed E-state index contributed by atoms with van der Waals surface area (Å²) in [6, 6.07) is 54.1. The van der Waals surface area contributed by atoms with E-state index in [0.717, 1.165) is 122 Å². The standard InChI is InChI=1S/C119H156O5/c1-13-20-27-34-41-48-59-89-77-96(78-90(88(89)12)60-49-42-35-28-21-14-2)109-98-64-53-52-63-97(98)108(93-74-84(8)87(11)105(81-93)120-69-54-43-36-29-22-15-3)114-99-65-67-101-113-102(68-66-100(112(99)113)115(109)114)117-111(95-76-86(10)119(124-73-58-47-40-33-26-19-7)107(83-95)122-71-56-45-38-31-24-17-5)104-80-92-62-51-50-61-91(92)79-103(104)110(116(101)117)94-75-85(9)118(123-72-57-46-39-32-25-18-6)106(82-94)121-70-55-44-37-30-23-16-4/h50-53,61-68,74-83H,13-49,54-60,69-73H2,1-12H3. The molecule has 124 heavy (non-hydrogen) atoms. The molecule has 0 fully saturated rings. The van der Waals surface area contributed by atoms with Crippen molar-refractivity contribution in [1.82, 2.24) is 0 Å². The number of hydrogen-bond acceptors (Lipinski definition) is 5. The number of hydrogen-bond donors (Lipinski definition) is 0. The highest BCUT2D eigenvalue weighted by Crippen LogP contribution is 2.66. The first kappa shape index (κ1) is 93.1. The summed E-state index contributed by atoms with van der Waals surface area (Å²) >= 11 is 0. The van der Waals surface area contributed by atoms with Crippen LogP contribution in [0.1, 0.15) is 357 Å². The van der Waals surface area contributed by atoms with Gasteiger partial charge in [-0.3, -0.25) is 0 Å². The molecule has 5 nitrogen and oxygen atoms in total. The molecular weight excluding hydrogens is 1510 g/mol. The van der Waals surface area contributed by atoms with Gasteiger partial charge in [-0.15, -0.1) is 0 Å². The van der Waals surface area contributed by atoms with Gasteiger partial charge >= 0.3 is 0 Å². The van der Waals surface area contributed by atoms with Crippen LogP contribution in [0.3, 0.4) is 0 Å². The molecule has 0 radical (unpaired) electrons. The van der Waals surface area contributed by atoms with Crippen LogP contribution in [0.25, 0.3) is 132 Å². The first-order chi connectivity index (χ1) is 61.0. The molecule has 0 unspecified atom stereocenters. The summed E-state index contributed by atoms with van der Waals surface area (Å²) in [5.41, 5.74) is 29.7. The maximum absolute atomic E-state index is 7.27. The lowest BCUT2D eigenvalue weighted by Crippen LogP contribution is -2.05. The van der Waals surface area contributed by atoms with E-state index in [1.165, 1.54) is 361 Å². The number of rotatable bonds is 58. The van der Waals surface area contributed by atoms with Gasteiger partial charge < -0.3 is 23.7 Å². The third kappa shape index (κ3) is 22.5. The van der Waals surface area contributed by atoms with Crippen LogP contribution in [0.2, 0.25) is 0 Å². The predicted octanol–water partition coefficient (Wildman–Crippen LogP) is 37.3. The second-order valence-electron chi connectivity index (χ2n) is 37.6. The molecule has 0 atom stereocenters. The smallest absolute Gasteiger partial charge is 0.164 e. The molecule has 11 aromatic carbocycles. The van der Waals surface area contributed by atoms with E-state index in [9.17, 15) is 0 Å². The van der Waals surface area contributed by atoms with Crippen LogP contribution in [0.5, 0.6) is 28.7 Å². The third-order valence-corrected chi connectivity index (χ3v) is 27.9. The molecule has 0 heterocycles. The van der Waals surface area contributed by atoms with Gasteiger partial charge in [0.15, 0.2) is 23.0 Å². The lowest BCUT2D eigenvalue weighted by atomic mass is 9.80. The molecule has 2 aliphatic rings. The van der Waals surface area contributed by atoms with Gasteiger partial charge in [-0.1, -0.05) is 364 Å². The molecule has 11 aromatic rings. The summed E-state index contributed by atoms with van der Waals surface area (Å²) < 4.78 is 35.8. The van der Waals surface area contributed by atoms with Crippen molar-refractivity contribution < 1.29 is 23.7 Å². The summed E-state index contributed by atoms with van der Waals surface area (Å²) in [5, 5.41) is 10.2. The van der Waals surface area contributed by atoms with Crippen LogP contribution >= 0.6 is 0 Å². The quantitative estimate of drug-likeness (QED) is 0.0281. The SMILES string of the molecule is CCCCCCCCOc1cc(-c2c3c(c(-c4cc(CCCCCCCC)c(C)c(CCCCCCCC)c4)c4ccccc24)-c2ccc4c5c(ccc-3c25)-c2c-4c(-c3cc(C)c(OCCCCCCCC)c(OCCCCCCCC)c3)c3cc4ccccc4cc3c2-c2cc(C)c(OCCCCCCCC)c(OCCCCCCCC)c2)cc(C)c1C. The summed E-state index contributed by atoms with van der Waals surface area (Å²) in [7, 11) is 0. The van der Waals surface area contributed by atoms with Crippen molar-refractivity contribution in [2.75, 3.05) is 33.0 Å². The van der Waals surface area contributed by atoms with E-state index in [-0.39, 0.29) is 0 Å². The lowest BCUT2D eigenvalue weighted by molar-refractivity contribution is 0.257. The van der Waals surface area contributed by atoms with Gasteiger partial charge in [0.05, 0.1) is 33.0 Å². The van der Waals surface area contributed by atoms with E-state index in [1.807, 2.05) is 0 Å². The highest BCUT2D eigenvalue weighted by atomic mass is 16.5. The van der Waals surface area contributed by atoms with Crippen molar-refractivity contribution in [3.05, 3.63) is 172 Å². The van der Waals surface area contributed by atoms with Crippen molar-refractivity contribution in [2.24, 2.45) is 0 Å². The van der Waals surface area contributed by atoms with Gasteiger partial charge in [0.1, 0.15) is 5.75 Å². The maximum atomic E-state index is 7.27. The average Bonchev–Trinajstić information content (AvgIpc) is 1.50. The lowest BCUT2D eigenvalue weighted by Gasteiger charge is -2.24. The number of benzene rings is 11. The Kier molecular flexibility index (Phi) is 35.9. The Morgan fingerprint density at radius 2 is 0.476 bits per heavy atom. The zero-order chi connectivity index (χ0) is 86.5. The second kappa shape index (κ2) is 47.9. The Hall–Kier alpha value is -8.54. The largest absolute Gasteiger partial charge is 0.493 e. The Morgan fingerprint density at radius 1 is 0.210 bits per heavy atom. The first-order valence-electron chi connectivity index (χ1n) is 50.9. The van der Waals surface area contributed by atoms with Gasteiger partial charge in [-0.2, -0.15) is 0 Å². The van der Waals surface area contributed by atoms with Gasteiger partial charge in [0.2, 0.25) is 0 Å². The van der Waals surface area contributed by atoms with E-state index >= 15 is 0 Å². The minimum atomic E-state index is 0.640. The minimum Gasteiger partial charge on any atom is -0.493 e. The molecule has 0 N–H and O–H groups in total. The first-order valence-corrected chi connectivity index (χ1v) is 50.9. The molecule has 0 aliphatic heterocycles. The summed E-state index contributed by atoms with van der Waals surface area (Å²) in [6.45, 7) is 31.2. The zero-order valence-corrected chi connectivity index (χ0v) is 79.4. The zero-order valence-electron chi connectivity index (χ0n) is 79.4. The topological polar surface area (TPSA) is 46.2 Å². The maximum Gasteiger partial charge on any atom is 0.164 e. The molecule has 0 amide bonds. The average molecular weight is 1670 g/mol. The molecular formula is C119H156O5. The number of fused-ring (bicyclic) bond motifs is 9. The van der Waals surface area contributed by atoms with E-state index in [1.54, 1.807) is 0 Å². The fourth-order valence-electron chi connectivity index (χ4n) is 20.7. The van der Waals surface area contributed by atoms with E-state index in [4.69, 9.17) is 23.7 Å². The number of aryl methyl sites for hydroxylation is 5. The third-order valence-electron chi connectivity index (χ3n) is 27.9. The van der Waals surface area contributed by atoms with Crippen molar-refractivity contribution in [2.45, 2.75) is 366 Å². The minimum absolute atomic E-state index is 0.640. The number of ether oxygens (including phenoxy) is 5. The summed E-state index contributed by atoms with van der Waals surface area (Å²) in [6.07, 6.45) is 53.7. The van der Waals surface area contributed by atoms with Crippen LogP contribution < -0.4 is 23.7 Å². The highest BCUT2D eigenvalue weighted by molar-refractivity contribution is 6.36. The molecule has 2 aliphatic carbocycles. The van der Waals surface area contributed by atoms with Gasteiger partial charge in [0.25, 0.3) is 0 Å². The second-order valence-corrected chi connectivity index (χ2v) is 37.6. The Bertz CT molecular complexity index is 5100. The van der Waals surface area contributed by atoms with Gasteiger partial charge in [-0.25, -0.2) is 0 Å². The molecule has 0 aromatic heterocycles. The molecule has 0 saturated heterocycles. The molecule has 0 saturated carbocycles. The molecule has 0 spiro atoms. The highest BCUT2D eigenvalue weighted by Gasteiger charge is 2.39. The van der Waals surface area contributed by atoms with Crippen molar-refractivity contribution in [3.8, 4) is 118 Å². The molecule has 5 heteroatoms. The molecule has 13 rings (SSSR count). The van der Waals surface area contributed by atoms with Gasteiger partial charge in [-0.05, 0) is 306 Å². The monoisotopic (exact) mass is 1670 g/mol. The molecule has 0 bridgehead atoms. The van der Waals surface area contributed by atoms with E-state index in [2.05, 4.69) is 217 Å². The summed E-state index contributed by atoms with van der Waals surface area (Å²) in [5.74, 6) is 4.47. The fourth-order valence-corrected chi connectivity index (χ4v) is 20.7. The van der Waals surface area contributed by atoms with Gasteiger partial charge in [0, 0.05) is 0 Å². The Labute approximate surface area is 750 Å². The normalized spacial score (nSPS) is 12.0. The predicted molar refractivity (Wildman–Crippen MR) is 539 cm³/mol. The van der Waals surface area contributed by atoms with Crippen LogP contribution in [0.15, 0.2) is 133 Å². The Morgan fingerprint density at radius 3 is 0.815 bits per heavy atom. The van der Waals surface area contributed by atoms with Crippen molar-refractivity contribution in [1.29, 1.82) is 0 Å². The van der Waals surface area contributed by atoms with Crippen LogP contribution in [0.4, 0.5) is 0 Å². The molecule has 662 valence electrons. The van der Waals surface area contributed by atoms with Crippen LogP contribution in [0, 0.1) is 34.6 Å². The van der Waals surface area contributed by atoms with E-state index < -0.39 is 0 Å². The van der Waals surface area contributed by atoms with Crippen molar-refractivity contribution >= 4 is 43.1 Å². The Balaban J connectivity index is 1.10.